The maximum atomic E-state index is 4.57. The van der Waals surface area contributed by atoms with Crippen molar-refractivity contribution in [2.45, 2.75) is 46.3 Å². The first-order chi connectivity index (χ1) is 9.22. The fourth-order valence-corrected chi connectivity index (χ4v) is 4.06. The molecule has 0 saturated carbocycles. The van der Waals surface area contributed by atoms with Gasteiger partial charge in [0.2, 0.25) is 0 Å². The van der Waals surface area contributed by atoms with Crippen molar-refractivity contribution in [3.05, 3.63) is 17.5 Å². The Hall–Kier alpha value is -0.870. The van der Waals surface area contributed by atoms with E-state index in [0.717, 1.165) is 36.7 Å². The van der Waals surface area contributed by atoms with E-state index in [1.165, 1.54) is 31.7 Å². The third-order valence-electron chi connectivity index (χ3n) is 4.89. The summed E-state index contributed by atoms with van der Waals surface area (Å²) in [6.45, 7) is 12.3. The lowest BCUT2D eigenvalue weighted by atomic mass is 9.93. The standard InChI is InChI=1S/C15H26N4/c1-4-15-14-8-16-7-12(14)9-18(15)10-13-6-11(3)17-19(13)5-2/h6,12,14-16H,4-5,7-10H2,1-3H3. The zero-order valence-electron chi connectivity index (χ0n) is 12.4. The summed E-state index contributed by atoms with van der Waals surface area (Å²) in [5.41, 5.74) is 2.53. The van der Waals surface area contributed by atoms with Crippen molar-refractivity contribution in [2.75, 3.05) is 19.6 Å². The molecule has 0 amide bonds. The van der Waals surface area contributed by atoms with Crippen LogP contribution in [-0.4, -0.2) is 40.4 Å². The predicted molar refractivity (Wildman–Crippen MR) is 77.0 cm³/mol. The van der Waals surface area contributed by atoms with Gasteiger partial charge in [0.25, 0.3) is 0 Å². The number of likely N-dealkylation sites (tertiary alicyclic amines) is 1. The Morgan fingerprint density at radius 3 is 2.95 bits per heavy atom. The molecular formula is C15H26N4. The SMILES string of the molecule is CCC1C2CNCC2CN1Cc1cc(C)nn1CC. The van der Waals surface area contributed by atoms with E-state index in [4.69, 9.17) is 0 Å². The summed E-state index contributed by atoms with van der Waals surface area (Å²) in [5.74, 6) is 1.73. The van der Waals surface area contributed by atoms with Crippen molar-refractivity contribution >= 4 is 0 Å². The van der Waals surface area contributed by atoms with Crippen LogP contribution in [0.4, 0.5) is 0 Å². The van der Waals surface area contributed by atoms with Crippen LogP contribution in [0.25, 0.3) is 0 Å². The molecule has 1 aromatic rings. The zero-order valence-corrected chi connectivity index (χ0v) is 12.4. The number of hydrogen-bond acceptors (Lipinski definition) is 3. The summed E-state index contributed by atoms with van der Waals surface area (Å²) in [4.78, 5) is 2.69. The minimum atomic E-state index is 0.750. The minimum Gasteiger partial charge on any atom is -0.316 e. The minimum absolute atomic E-state index is 0.750. The monoisotopic (exact) mass is 262 g/mol. The van der Waals surface area contributed by atoms with E-state index in [1.807, 2.05) is 0 Å². The Morgan fingerprint density at radius 2 is 2.21 bits per heavy atom. The first kappa shape index (κ1) is 13.1. The smallest absolute Gasteiger partial charge is 0.0597 e. The molecule has 4 heteroatoms. The van der Waals surface area contributed by atoms with Crippen LogP contribution in [-0.2, 0) is 13.1 Å². The van der Waals surface area contributed by atoms with Gasteiger partial charge in [-0.05, 0) is 51.3 Å². The molecule has 3 unspecified atom stereocenters. The highest BCUT2D eigenvalue weighted by Gasteiger charge is 2.43. The molecule has 3 atom stereocenters. The molecule has 2 aliphatic rings. The highest BCUT2D eigenvalue weighted by Crippen LogP contribution is 2.35. The lowest BCUT2D eigenvalue weighted by Crippen LogP contribution is -2.35. The molecule has 1 N–H and O–H groups in total. The summed E-state index contributed by atoms with van der Waals surface area (Å²) in [7, 11) is 0. The molecule has 4 nitrogen and oxygen atoms in total. The van der Waals surface area contributed by atoms with Crippen molar-refractivity contribution in [2.24, 2.45) is 11.8 Å². The largest absolute Gasteiger partial charge is 0.316 e. The van der Waals surface area contributed by atoms with Crippen LogP contribution in [0.1, 0.15) is 31.7 Å². The summed E-state index contributed by atoms with van der Waals surface area (Å²) in [6.07, 6.45) is 1.27. The number of aryl methyl sites for hydroxylation is 2. The van der Waals surface area contributed by atoms with Gasteiger partial charge in [0.1, 0.15) is 0 Å². The van der Waals surface area contributed by atoms with Gasteiger partial charge in [0.15, 0.2) is 0 Å². The fraction of sp³-hybridized carbons (Fsp3) is 0.800. The van der Waals surface area contributed by atoms with Crippen molar-refractivity contribution in [1.29, 1.82) is 0 Å². The number of nitrogens with zero attached hydrogens (tertiary/aromatic N) is 3. The van der Waals surface area contributed by atoms with Crippen LogP contribution < -0.4 is 5.32 Å². The molecule has 0 bridgehead atoms. The number of aromatic nitrogens is 2. The topological polar surface area (TPSA) is 33.1 Å². The normalized spacial score (nSPS) is 31.0. The third-order valence-corrected chi connectivity index (χ3v) is 4.89. The quantitative estimate of drug-likeness (QED) is 0.895. The third kappa shape index (κ3) is 2.32. The van der Waals surface area contributed by atoms with E-state index < -0.39 is 0 Å². The fourth-order valence-electron chi connectivity index (χ4n) is 4.06. The second-order valence-corrected chi connectivity index (χ2v) is 6.08. The number of nitrogens with one attached hydrogen (secondary N) is 1. The highest BCUT2D eigenvalue weighted by molar-refractivity contribution is 5.10. The second kappa shape index (κ2) is 5.25. The lowest BCUT2D eigenvalue weighted by Gasteiger charge is -2.26. The molecule has 2 saturated heterocycles. The molecule has 0 spiro atoms. The van der Waals surface area contributed by atoms with Gasteiger partial charge in [-0.25, -0.2) is 0 Å². The molecule has 106 valence electrons. The zero-order chi connectivity index (χ0) is 13.4. The van der Waals surface area contributed by atoms with E-state index in [1.54, 1.807) is 0 Å². The number of fused-ring (bicyclic) bond motifs is 1. The molecular weight excluding hydrogens is 236 g/mol. The Bertz CT molecular complexity index is 439. The van der Waals surface area contributed by atoms with Crippen LogP contribution >= 0.6 is 0 Å². The van der Waals surface area contributed by atoms with Gasteiger partial charge < -0.3 is 5.32 Å². The lowest BCUT2D eigenvalue weighted by molar-refractivity contribution is 0.205. The van der Waals surface area contributed by atoms with E-state index >= 15 is 0 Å². The maximum absolute atomic E-state index is 4.57. The number of rotatable bonds is 4. The summed E-state index contributed by atoms with van der Waals surface area (Å²) >= 11 is 0. The van der Waals surface area contributed by atoms with Gasteiger partial charge in [-0.2, -0.15) is 5.10 Å². The van der Waals surface area contributed by atoms with Crippen LogP contribution in [0.15, 0.2) is 6.07 Å². The highest BCUT2D eigenvalue weighted by atomic mass is 15.3. The van der Waals surface area contributed by atoms with E-state index in [2.05, 4.69) is 46.8 Å². The molecule has 0 aromatic carbocycles. The molecule has 3 heterocycles. The summed E-state index contributed by atoms with van der Waals surface area (Å²) in [5, 5.41) is 8.13. The summed E-state index contributed by atoms with van der Waals surface area (Å²) < 4.78 is 2.16. The van der Waals surface area contributed by atoms with Gasteiger partial charge in [0, 0.05) is 25.7 Å². The second-order valence-electron chi connectivity index (χ2n) is 6.08. The summed E-state index contributed by atoms with van der Waals surface area (Å²) in [6, 6.07) is 3.00. The molecule has 19 heavy (non-hydrogen) atoms. The van der Waals surface area contributed by atoms with Gasteiger partial charge >= 0.3 is 0 Å². The Labute approximate surface area is 116 Å². The maximum Gasteiger partial charge on any atom is 0.0597 e. The van der Waals surface area contributed by atoms with Crippen LogP contribution in [0.3, 0.4) is 0 Å². The van der Waals surface area contributed by atoms with Crippen molar-refractivity contribution in [1.82, 2.24) is 20.0 Å². The predicted octanol–water partition coefficient (Wildman–Crippen LogP) is 1.64. The molecule has 0 aliphatic carbocycles. The van der Waals surface area contributed by atoms with Gasteiger partial charge in [0.05, 0.1) is 11.4 Å². The van der Waals surface area contributed by atoms with Gasteiger partial charge in [-0.15, -0.1) is 0 Å². The molecule has 2 aliphatic heterocycles. The van der Waals surface area contributed by atoms with Gasteiger partial charge in [-0.3, -0.25) is 9.58 Å². The van der Waals surface area contributed by atoms with E-state index in [0.29, 0.717) is 0 Å². The van der Waals surface area contributed by atoms with Crippen molar-refractivity contribution in [3.63, 3.8) is 0 Å². The van der Waals surface area contributed by atoms with Gasteiger partial charge in [-0.1, -0.05) is 6.92 Å². The van der Waals surface area contributed by atoms with Crippen molar-refractivity contribution < 1.29 is 0 Å². The molecule has 1 aromatic heterocycles. The average Bonchev–Trinajstić information content (AvgIpc) is 3.03. The Balaban J connectivity index is 1.75. The van der Waals surface area contributed by atoms with E-state index in [-0.39, 0.29) is 0 Å². The number of hydrogen-bond donors (Lipinski definition) is 1. The van der Waals surface area contributed by atoms with Crippen LogP contribution in [0.2, 0.25) is 0 Å². The molecule has 0 radical (unpaired) electrons. The first-order valence-electron chi connectivity index (χ1n) is 7.71. The van der Waals surface area contributed by atoms with Crippen LogP contribution in [0.5, 0.6) is 0 Å². The van der Waals surface area contributed by atoms with Crippen LogP contribution in [0, 0.1) is 18.8 Å². The molecule has 2 fully saturated rings. The average molecular weight is 262 g/mol. The molecule has 3 rings (SSSR count). The Morgan fingerprint density at radius 1 is 1.37 bits per heavy atom. The Kier molecular flexibility index (Phi) is 3.63. The van der Waals surface area contributed by atoms with E-state index in [9.17, 15) is 0 Å². The first-order valence-corrected chi connectivity index (χ1v) is 7.71. The van der Waals surface area contributed by atoms with Crippen molar-refractivity contribution in [3.8, 4) is 0 Å².